The van der Waals surface area contributed by atoms with Gasteiger partial charge in [0.2, 0.25) is 0 Å². The van der Waals surface area contributed by atoms with Gasteiger partial charge in [0, 0.05) is 0 Å². The molecule has 0 bridgehead atoms. The number of alkyl halides is 2. The molecule has 1 fully saturated rings. The molecule has 2 aromatic carbocycles. The first-order chi connectivity index (χ1) is 9.08. The van der Waals surface area contributed by atoms with Crippen molar-refractivity contribution in [1.29, 1.82) is 0 Å². The lowest BCUT2D eigenvalue weighted by Crippen LogP contribution is -2.49. The number of cyclic esters (lactones) is 1. The lowest BCUT2D eigenvalue weighted by atomic mass is 9.94. The molecule has 1 amide bonds. The maximum atomic E-state index is 13.9. The number of rotatable bonds is 1. The van der Waals surface area contributed by atoms with Crippen LogP contribution in [0.15, 0.2) is 42.5 Å². The molecule has 1 saturated heterocycles. The average Bonchev–Trinajstić information content (AvgIpc) is 2.41. The first-order valence-corrected chi connectivity index (χ1v) is 5.87. The van der Waals surface area contributed by atoms with Crippen LogP contribution in [-0.2, 0) is 4.74 Å². The Hall–Kier alpha value is -2.17. The van der Waals surface area contributed by atoms with Crippen LogP contribution in [0.5, 0.6) is 0 Å². The molecule has 0 spiro atoms. The largest absolute Gasteiger partial charge is 0.443 e. The van der Waals surface area contributed by atoms with Crippen LogP contribution in [0.4, 0.5) is 13.6 Å². The summed E-state index contributed by atoms with van der Waals surface area (Å²) in [6.07, 6.45) is -0.816. The van der Waals surface area contributed by atoms with Gasteiger partial charge in [-0.15, -0.1) is 0 Å². The number of hydrogen-bond acceptors (Lipinski definition) is 2. The lowest BCUT2D eigenvalue weighted by molar-refractivity contribution is -0.103. The third-order valence-corrected chi connectivity index (χ3v) is 3.21. The minimum atomic E-state index is -3.13. The second kappa shape index (κ2) is 4.19. The molecule has 0 aliphatic carbocycles. The fourth-order valence-electron chi connectivity index (χ4n) is 2.32. The van der Waals surface area contributed by atoms with E-state index in [0.29, 0.717) is 10.9 Å². The van der Waals surface area contributed by atoms with Gasteiger partial charge in [-0.3, -0.25) is 0 Å². The smallest absolute Gasteiger partial charge is 0.408 e. The van der Waals surface area contributed by atoms with E-state index in [1.165, 1.54) is 0 Å². The van der Waals surface area contributed by atoms with Crippen molar-refractivity contribution < 1.29 is 18.3 Å². The second-order valence-electron chi connectivity index (χ2n) is 4.48. The quantitative estimate of drug-likeness (QED) is 0.857. The molecule has 0 saturated carbocycles. The topological polar surface area (TPSA) is 38.3 Å². The number of alkyl carbamates (subject to hydrolysis) is 1. The molecule has 3 nitrogen and oxygen atoms in total. The van der Waals surface area contributed by atoms with E-state index in [1.807, 2.05) is 18.2 Å². The van der Waals surface area contributed by atoms with E-state index in [4.69, 9.17) is 0 Å². The predicted octanol–water partition coefficient (Wildman–Crippen LogP) is 3.26. The van der Waals surface area contributed by atoms with Gasteiger partial charge in [0.05, 0.1) is 0 Å². The van der Waals surface area contributed by atoms with Gasteiger partial charge >= 0.3 is 12.0 Å². The Labute approximate surface area is 108 Å². The molecule has 19 heavy (non-hydrogen) atoms. The van der Waals surface area contributed by atoms with Crippen molar-refractivity contribution in [2.45, 2.75) is 12.0 Å². The predicted molar refractivity (Wildman–Crippen MR) is 66.1 cm³/mol. The number of halogens is 2. The summed E-state index contributed by atoms with van der Waals surface area (Å²) >= 11 is 0. The molecule has 0 aromatic heterocycles. The normalized spacial score (nSPS) is 21.8. The van der Waals surface area contributed by atoms with Gasteiger partial charge in [-0.1, -0.05) is 42.5 Å². The molecule has 3 rings (SSSR count). The van der Waals surface area contributed by atoms with Crippen LogP contribution in [0.3, 0.4) is 0 Å². The van der Waals surface area contributed by atoms with Crippen molar-refractivity contribution in [2.24, 2.45) is 0 Å². The molecule has 1 N–H and O–H groups in total. The summed E-state index contributed by atoms with van der Waals surface area (Å²) in [6, 6.07) is 11.0. The highest BCUT2D eigenvalue weighted by atomic mass is 19.3. The zero-order valence-electron chi connectivity index (χ0n) is 9.90. The van der Waals surface area contributed by atoms with E-state index in [-0.39, 0.29) is 0 Å². The lowest BCUT2D eigenvalue weighted by Gasteiger charge is -2.32. The zero-order valence-corrected chi connectivity index (χ0v) is 9.90. The molecule has 98 valence electrons. The number of benzene rings is 2. The number of carbonyl (C=O) groups is 1. The molecule has 2 aromatic rings. The average molecular weight is 263 g/mol. The number of amides is 1. The molecular formula is C14H11F2NO2. The minimum absolute atomic E-state index is 0.403. The van der Waals surface area contributed by atoms with Crippen molar-refractivity contribution in [3.05, 3.63) is 48.0 Å². The Morgan fingerprint density at radius 2 is 1.89 bits per heavy atom. The van der Waals surface area contributed by atoms with Gasteiger partial charge in [0.25, 0.3) is 0 Å². The van der Waals surface area contributed by atoms with Crippen LogP contribution >= 0.6 is 0 Å². The van der Waals surface area contributed by atoms with Crippen LogP contribution in [0, 0.1) is 0 Å². The van der Waals surface area contributed by atoms with Crippen LogP contribution in [0.1, 0.15) is 11.6 Å². The highest BCUT2D eigenvalue weighted by Gasteiger charge is 2.47. The van der Waals surface area contributed by atoms with Gasteiger partial charge in [-0.25, -0.2) is 13.6 Å². The maximum absolute atomic E-state index is 13.9. The summed E-state index contributed by atoms with van der Waals surface area (Å²) in [5.41, 5.74) is 0.403. The third-order valence-electron chi connectivity index (χ3n) is 3.21. The number of ether oxygens (including phenoxy) is 1. The van der Waals surface area contributed by atoms with Crippen molar-refractivity contribution in [1.82, 2.24) is 5.32 Å². The van der Waals surface area contributed by atoms with Gasteiger partial charge in [0.1, 0.15) is 6.04 Å². The summed E-state index contributed by atoms with van der Waals surface area (Å²) in [6.45, 7) is -0.896. The monoisotopic (exact) mass is 263 g/mol. The molecule has 1 aliphatic rings. The van der Waals surface area contributed by atoms with Crippen LogP contribution in [0.2, 0.25) is 0 Å². The number of hydrogen-bond donors (Lipinski definition) is 1. The van der Waals surface area contributed by atoms with Crippen LogP contribution in [-0.4, -0.2) is 18.6 Å². The van der Waals surface area contributed by atoms with Gasteiger partial charge in [-0.2, -0.15) is 0 Å². The highest BCUT2D eigenvalue weighted by molar-refractivity contribution is 5.86. The zero-order chi connectivity index (χ0) is 13.5. The summed E-state index contributed by atoms with van der Waals surface area (Å²) < 4.78 is 32.2. The Kier molecular flexibility index (Phi) is 2.62. The molecular weight excluding hydrogens is 252 g/mol. The summed E-state index contributed by atoms with van der Waals surface area (Å²) in [4.78, 5) is 11.2. The van der Waals surface area contributed by atoms with Crippen LogP contribution < -0.4 is 5.32 Å². The minimum Gasteiger partial charge on any atom is -0.443 e. The molecule has 1 aliphatic heterocycles. The van der Waals surface area contributed by atoms with Crippen molar-refractivity contribution in [3.63, 3.8) is 0 Å². The standard InChI is InChI=1S/C14H11F2NO2/c15-14(16)8-19-13(18)17-12(14)11-7-3-5-9-4-1-2-6-10(9)11/h1-7,12H,8H2,(H,17,18)/t12-/m1/s1. The Bertz CT molecular complexity index is 637. The van der Waals surface area contributed by atoms with Crippen molar-refractivity contribution in [2.75, 3.05) is 6.61 Å². The fourth-order valence-corrected chi connectivity index (χ4v) is 2.32. The summed E-state index contributed by atoms with van der Waals surface area (Å²) in [5.74, 6) is -3.13. The van der Waals surface area contributed by atoms with E-state index < -0.39 is 24.7 Å². The van der Waals surface area contributed by atoms with Gasteiger partial charge in [0.15, 0.2) is 6.61 Å². The number of nitrogens with one attached hydrogen (secondary N) is 1. The highest BCUT2D eigenvalue weighted by Crippen LogP contribution is 2.37. The first kappa shape index (κ1) is 11.9. The van der Waals surface area contributed by atoms with E-state index in [1.54, 1.807) is 24.3 Å². The van der Waals surface area contributed by atoms with E-state index >= 15 is 0 Å². The Balaban J connectivity index is 2.15. The van der Waals surface area contributed by atoms with Crippen molar-refractivity contribution >= 4 is 16.9 Å². The molecule has 1 atom stereocenters. The van der Waals surface area contributed by atoms with E-state index in [9.17, 15) is 13.6 Å². The third kappa shape index (κ3) is 2.01. The number of carbonyl (C=O) groups excluding carboxylic acids is 1. The maximum Gasteiger partial charge on any atom is 0.408 e. The Morgan fingerprint density at radius 1 is 1.16 bits per heavy atom. The fraction of sp³-hybridized carbons (Fsp3) is 0.214. The molecule has 0 unspecified atom stereocenters. The Morgan fingerprint density at radius 3 is 2.74 bits per heavy atom. The summed E-state index contributed by atoms with van der Waals surface area (Å²) in [5, 5.41) is 3.77. The summed E-state index contributed by atoms with van der Waals surface area (Å²) in [7, 11) is 0. The molecule has 1 heterocycles. The molecule has 5 heteroatoms. The number of fused-ring (bicyclic) bond motifs is 1. The van der Waals surface area contributed by atoms with Gasteiger partial charge < -0.3 is 10.1 Å². The molecule has 0 radical (unpaired) electrons. The van der Waals surface area contributed by atoms with Gasteiger partial charge in [-0.05, 0) is 16.3 Å². The SMILES string of the molecule is O=C1N[C@H](c2cccc3ccccc23)C(F)(F)CO1. The van der Waals surface area contributed by atoms with Crippen molar-refractivity contribution in [3.8, 4) is 0 Å². The first-order valence-electron chi connectivity index (χ1n) is 5.87. The second-order valence-corrected chi connectivity index (χ2v) is 4.48. The van der Waals surface area contributed by atoms with E-state index in [0.717, 1.165) is 5.39 Å². The van der Waals surface area contributed by atoms with Crippen LogP contribution in [0.25, 0.3) is 10.8 Å². The van der Waals surface area contributed by atoms with E-state index in [2.05, 4.69) is 10.1 Å².